The van der Waals surface area contributed by atoms with Crippen LogP contribution in [0.2, 0.25) is 0 Å². The van der Waals surface area contributed by atoms with Gasteiger partial charge in [0.15, 0.2) is 0 Å². The maximum atomic E-state index is 11.1. The van der Waals surface area contributed by atoms with Crippen molar-refractivity contribution in [3.8, 4) is 0 Å². The fourth-order valence-corrected chi connectivity index (χ4v) is 2.67. The van der Waals surface area contributed by atoms with Crippen molar-refractivity contribution < 1.29 is 4.79 Å². The fourth-order valence-electron chi connectivity index (χ4n) is 2.67. The van der Waals surface area contributed by atoms with Gasteiger partial charge in [0.25, 0.3) is 0 Å². The van der Waals surface area contributed by atoms with Crippen LogP contribution in [0.3, 0.4) is 0 Å². The first kappa shape index (κ1) is 9.20. The second-order valence-corrected chi connectivity index (χ2v) is 4.69. The average Bonchev–Trinajstić information content (AvgIpc) is 2.64. The van der Waals surface area contributed by atoms with Gasteiger partial charge in [-0.2, -0.15) is 0 Å². The molecule has 0 amide bonds. The summed E-state index contributed by atoms with van der Waals surface area (Å²) < 4.78 is 0. The highest BCUT2D eigenvalue weighted by atomic mass is 16.1. The Bertz CT molecular complexity index is 202. The lowest BCUT2D eigenvalue weighted by molar-refractivity contribution is -0.116. The third-order valence-corrected chi connectivity index (χ3v) is 3.64. The van der Waals surface area contributed by atoms with Gasteiger partial charge in [0.2, 0.25) is 0 Å². The number of likely N-dealkylation sites (tertiary alicyclic amines) is 1. The second kappa shape index (κ2) is 3.79. The Kier molecular flexibility index (Phi) is 2.68. The highest BCUT2D eigenvalue weighted by molar-refractivity contribution is 5.82. The summed E-state index contributed by atoms with van der Waals surface area (Å²) in [7, 11) is 0. The van der Waals surface area contributed by atoms with Gasteiger partial charge in [-0.15, -0.1) is 0 Å². The van der Waals surface area contributed by atoms with E-state index in [-0.39, 0.29) is 0 Å². The van der Waals surface area contributed by atoms with Crippen molar-refractivity contribution in [3.63, 3.8) is 0 Å². The van der Waals surface area contributed by atoms with Gasteiger partial charge in [-0.05, 0) is 18.3 Å². The molecule has 1 saturated carbocycles. The molecule has 2 heteroatoms. The molecule has 0 N–H and O–H groups in total. The number of nitrogens with zero attached hydrogens (tertiary/aromatic N) is 1. The SMILES string of the molecule is CC1CCCC1CN1CCC(=O)C1. The maximum Gasteiger partial charge on any atom is 0.148 e. The Balaban J connectivity index is 1.80. The van der Waals surface area contributed by atoms with Crippen molar-refractivity contribution in [1.29, 1.82) is 0 Å². The van der Waals surface area contributed by atoms with Crippen LogP contribution in [0, 0.1) is 11.8 Å². The highest BCUT2D eigenvalue weighted by Gasteiger charge is 2.28. The molecule has 1 aliphatic heterocycles. The summed E-state index contributed by atoms with van der Waals surface area (Å²) in [6.07, 6.45) is 4.97. The molecular formula is C11H19NO. The number of ketones is 1. The van der Waals surface area contributed by atoms with E-state index >= 15 is 0 Å². The van der Waals surface area contributed by atoms with E-state index < -0.39 is 0 Å². The predicted octanol–water partition coefficient (Wildman–Crippen LogP) is 1.70. The predicted molar refractivity (Wildman–Crippen MR) is 52.6 cm³/mol. The minimum Gasteiger partial charge on any atom is -0.298 e. The molecule has 0 aromatic rings. The molecule has 74 valence electrons. The molecule has 0 aromatic heterocycles. The number of hydrogen-bond acceptors (Lipinski definition) is 2. The zero-order valence-corrected chi connectivity index (χ0v) is 8.46. The van der Waals surface area contributed by atoms with E-state index in [0.717, 1.165) is 31.3 Å². The first-order valence-corrected chi connectivity index (χ1v) is 5.50. The number of Topliss-reactive ketones (excluding diaryl/α,β-unsaturated/α-hetero) is 1. The Morgan fingerprint density at radius 3 is 2.85 bits per heavy atom. The van der Waals surface area contributed by atoms with E-state index in [9.17, 15) is 4.79 Å². The third kappa shape index (κ3) is 2.11. The molecule has 2 unspecified atom stereocenters. The second-order valence-electron chi connectivity index (χ2n) is 4.69. The monoisotopic (exact) mass is 181 g/mol. The fraction of sp³-hybridized carbons (Fsp3) is 0.909. The number of hydrogen-bond donors (Lipinski definition) is 0. The normalized spacial score (nSPS) is 35.9. The quantitative estimate of drug-likeness (QED) is 0.646. The first-order chi connectivity index (χ1) is 6.25. The summed E-state index contributed by atoms with van der Waals surface area (Å²) in [6.45, 7) is 5.27. The smallest absolute Gasteiger partial charge is 0.148 e. The largest absolute Gasteiger partial charge is 0.298 e. The number of rotatable bonds is 2. The molecule has 1 aliphatic carbocycles. The Morgan fingerprint density at radius 1 is 1.46 bits per heavy atom. The van der Waals surface area contributed by atoms with Crippen LogP contribution >= 0.6 is 0 Å². The lowest BCUT2D eigenvalue weighted by Crippen LogP contribution is -2.28. The summed E-state index contributed by atoms with van der Waals surface area (Å²) in [4.78, 5) is 13.4. The average molecular weight is 181 g/mol. The minimum atomic E-state index is 0.436. The van der Waals surface area contributed by atoms with Crippen LogP contribution < -0.4 is 0 Å². The van der Waals surface area contributed by atoms with Gasteiger partial charge < -0.3 is 0 Å². The Labute approximate surface area is 80.3 Å². The number of carbonyl (C=O) groups excluding carboxylic acids is 1. The van der Waals surface area contributed by atoms with E-state index in [4.69, 9.17) is 0 Å². The Morgan fingerprint density at radius 2 is 2.31 bits per heavy atom. The molecule has 0 spiro atoms. The molecule has 0 radical (unpaired) electrons. The lowest BCUT2D eigenvalue weighted by Gasteiger charge is -2.21. The molecule has 1 saturated heterocycles. The summed E-state index contributed by atoms with van der Waals surface area (Å²) in [5.41, 5.74) is 0. The van der Waals surface area contributed by atoms with Crippen molar-refractivity contribution in [2.45, 2.75) is 32.6 Å². The molecule has 1 heterocycles. The van der Waals surface area contributed by atoms with E-state index in [2.05, 4.69) is 11.8 Å². The van der Waals surface area contributed by atoms with Crippen molar-refractivity contribution in [3.05, 3.63) is 0 Å². The Hall–Kier alpha value is -0.370. The molecule has 2 aliphatic rings. The van der Waals surface area contributed by atoms with Crippen LogP contribution in [0.4, 0.5) is 0 Å². The van der Waals surface area contributed by atoms with E-state index in [1.807, 2.05) is 0 Å². The van der Waals surface area contributed by atoms with Crippen LogP contribution in [0.1, 0.15) is 32.6 Å². The van der Waals surface area contributed by atoms with Crippen LogP contribution in [0.5, 0.6) is 0 Å². The molecule has 13 heavy (non-hydrogen) atoms. The summed E-state index contributed by atoms with van der Waals surface area (Å²) in [5, 5.41) is 0. The number of carbonyl (C=O) groups is 1. The van der Waals surface area contributed by atoms with Gasteiger partial charge in [-0.25, -0.2) is 0 Å². The van der Waals surface area contributed by atoms with Gasteiger partial charge >= 0.3 is 0 Å². The third-order valence-electron chi connectivity index (χ3n) is 3.64. The standard InChI is InChI=1S/C11H19NO/c1-9-3-2-4-10(9)7-12-6-5-11(13)8-12/h9-10H,2-8H2,1H3. The summed E-state index contributed by atoms with van der Waals surface area (Å²) in [5.74, 6) is 2.19. The molecule has 2 nitrogen and oxygen atoms in total. The van der Waals surface area contributed by atoms with Gasteiger partial charge in [0.1, 0.15) is 5.78 Å². The summed E-state index contributed by atoms with van der Waals surface area (Å²) in [6, 6.07) is 0. The van der Waals surface area contributed by atoms with Gasteiger partial charge in [-0.3, -0.25) is 9.69 Å². The van der Waals surface area contributed by atoms with Crippen LogP contribution in [-0.2, 0) is 4.79 Å². The maximum absolute atomic E-state index is 11.1. The molecule has 2 atom stereocenters. The van der Waals surface area contributed by atoms with Crippen LogP contribution in [0.15, 0.2) is 0 Å². The molecule has 0 bridgehead atoms. The minimum absolute atomic E-state index is 0.436. The van der Waals surface area contributed by atoms with Crippen LogP contribution in [0.25, 0.3) is 0 Å². The molecule has 2 fully saturated rings. The topological polar surface area (TPSA) is 20.3 Å². The molecule has 2 rings (SSSR count). The molecular weight excluding hydrogens is 162 g/mol. The zero-order valence-electron chi connectivity index (χ0n) is 8.46. The molecule has 0 aromatic carbocycles. The van der Waals surface area contributed by atoms with E-state index in [1.54, 1.807) is 0 Å². The van der Waals surface area contributed by atoms with Crippen molar-refractivity contribution in [2.75, 3.05) is 19.6 Å². The van der Waals surface area contributed by atoms with E-state index in [1.165, 1.54) is 25.8 Å². The van der Waals surface area contributed by atoms with Crippen molar-refractivity contribution >= 4 is 5.78 Å². The van der Waals surface area contributed by atoms with Crippen molar-refractivity contribution in [1.82, 2.24) is 4.90 Å². The lowest BCUT2D eigenvalue weighted by atomic mass is 9.98. The van der Waals surface area contributed by atoms with E-state index in [0.29, 0.717) is 5.78 Å². The van der Waals surface area contributed by atoms with Crippen LogP contribution in [-0.4, -0.2) is 30.3 Å². The van der Waals surface area contributed by atoms with Crippen molar-refractivity contribution in [2.24, 2.45) is 11.8 Å². The van der Waals surface area contributed by atoms with Gasteiger partial charge in [0, 0.05) is 19.5 Å². The highest BCUT2D eigenvalue weighted by Crippen LogP contribution is 2.32. The zero-order chi connectivity index (χ0) is 9.26. The van der Waals surface area contributed by atoms with Gasteiger partial charge in [-0.1, -0.05) is 19.8 Å². The van der Waals surface area contributed by atoms with Gasteiger partial charge in [0.05, 0.1) is 6.54 Å². The summed E-state index contributed by atoms with van der Waals surface area (Å²) >= 11 is 0. The first-order valence-electron chi connectivity index (χ1n) is 5.50.